The third kappa shape index (κ3) is 1.32. The molecule has 1 aliphatic heterocycles. The average Bonchev–Trinajstić information content (AvgIpc) is 3.21. The lowest BCUT2D eigenvalue weighted by atomic mass is 9.27. The highest BCUT2D eigenvalue weighted by atomic mass is 16.6. The van der Waals surface area contributed by atoms with E-state index in [1.165, 1.54) is 25.7 Å². The van der Waals surface area contributed by atoms with Gasteiger partial charge in [0.05, 0.1) is 18.6 Å². The van der Waals surface area contributed by atoms with Crippen molar-refractivity contribution >= 4 is 5.97 Å². The minimum Gasteiger partial charge on any atom is -0.469 e. The van der Waals surface area contributed by atoms with E-state index in [9.17, 15) is 4.79 Å². The first-order valence-corrected chi connectivity index (χ1v) is 10.0. The van der Waals surface area contributed by atoms with Gasteiger partial charge in [0.2, 0.25) is 0 Å². The molecule has 4 saturated carbocycles. The maximum atomic E-state index is 12.6. The van der Waals surface area contributed by atoms with Crippen molar-refractivity contribution in [2.45, 2.75) is 77.9 Å². The van der Waals surface area contributed by atoms with Gasteiger partial charge in [-0.1, -0.05) is 27.2 Å². The number of epoxide rings is 1. The number of hydrogen-bond donors (Lipinski definition) is 0. The molecule has 1 saturated heterocycles. The molecule has 4 aliphatic carbocycles. The van der Waals surface area contributed by atoms with Crippen LogP contribution in [0, 0.1) is 39.9 Å². The van der Waals surface area contributed by atoms with Crippen LogP contribution in [0.25, 0.3) is 0 Å². The smallest absolute Gasteiger partial charge is 0.311 e. The Morgan fingerprint density at radius 2 is 1.88 bits per heavy atom. The summed E-state index contributed by atoms with van der Waals surface area (Å²) in [6.07, 6.45) is 7.76. The monoisotopic (exact) mass is 332 g/mol. The van der Waals surface area contributed by atoms with Crippen LogP contribution >= 0.6 is 0 Å². The predicted octanol–water partition coefficient (Wildman–Crippen LogP) is 4.20. The Morgan fingerprint density at radius 3 is 2.50 bits per heavy atom. The number of methoxy groups -OCH3 is 1. The molecule has 0 aromatic rings. The fourth-order valence-electron chi connectivity index (χ4n) is 8.65. The average molecular weight is 332 g/mol. The van der Waals surface area contributed by atoms with E-state index in [1.807, 2.05) is 0 Å². The first-order chi connectivity index (χ1) is 11.3. The van der Waals surface area contributed by atoms with Crippen LogP contribution in [0.5, 0.6) is 0 Å². The van der Waals surface area contributed by atoms with Gasteiger partial charge in [0, 0.05) is 5.41 Å². The second-order valence-corrected chi connectivity index (χ2v) is 10.3. The summed E-state index contributed by atoms with van der Waals surface area (Å²) >= 11 is 0. The number of carbonyl (C=O) groups is 1. The molecule has 0 N–H and O–H groups in total. The Balaban J connectivity index is 1.48. The van der Waals surface area contributed by atoms with Gasteiger partial charge in [-0.3, -0.25) is 4.79 Å². The molecule has 0 amide bonds. The van der Waals surface area contributed by atoms with E-state index >= 15 is 0 Å². The van der Waals surface area contributed by atoms with Crippen molar-refractivity contribution in [2.24, 2.45) is 39.9 Å². The van der Waals surface area contributed by atoms with Crippen molar-refractivity contribution in [1.29, 1.82) is 0 Å². The summed E-state index contributed by atoms with van der Waals surface area (Å²) < 4.78 is 11.6. The first kappa shape index (κ1) is 15.7. The van der Waals surface area contributed by atoms with Crippen LogP contribution in [0.2, 0.25) is 0 Å². The highest BCUT2D eigenvalue weighted by Crippen LogP contribution is 2.88. The van der Waals surface area contributed by atoms with Crippen LogP contribution in [0.1, 0.15) is 66.2 Å². The number of carbonyl (C=O) groups excluding carboxylic acids is 1. The van der Waals surface area contributed by atoms with Gasteiger partial charge >= 0.3 is 5.97 Å². The standard InChI is InChI=1S/C21H32O3/c1-12(2)21-15-11-14-18(3)8-6-9-19(4,17(22)23-5)13(18)7-10-20(14,15)16(21)24-21/h12-16H,6-11H2,1-5H3. The zero-order valence-electron chi connectivity index (χ0n) is 15.9. The van der Waals surface area contributed by atoms with E-state index in [-0.39, 0.29) is 17.0 Å². The topological polar surface area (TPSA) is 38.8 Å². The van der Waals surface area contributed by atoms with Gasteiger partial charge in [0.25, 0.3) is 0 Å². The second-order valence-electron chi connectivity index (χ2n) is 10.3. The lowest BCUT2D eigenvalue weighted by Crippen LogP contribution is -2.76. The van der Waals surface area contributed by atoms with Crippen LogP contribution in [0.4, 0.5) is 0 Å². The Bertz CT molecular complexity index is 614. The Hall–Kier alpha value is -0.570. The Morgan fingerprint density at radius 1 is 1.12 bits per heavy atom. The number of ether oxygens (including phenoxy) is 2. The normalized spacial score (nSPS) is 59.9. The van der Waals surface area contributed by atoms with E-state index in [4.69, 9.17) is 9.47 Å². The van der Waals surface area contributed by atoms with Gasteiger partial charge < -0.3 is 9.47 Å². The molecule has 5 fully saturated rings. The Labute approximate surface area is 145 Å². The maximum Gasteiger partial charge on any atom is 0.311 e. The first-order valence-electron chi connectivity index (χ1n) is 10.0. The molecule has 0 radical (unpaired) electrons. The van der Waals surface area contributed by atoms with Crippen LogP contribution in [-0.2, 0) is 14.3 Å². The van der Waals surface area contributed by atoms with Gasteiger partial charge in [0.15, 0.2) is 0 Å². The summed E-state index contributed by atoms with van der Waals surface area (Å²) in [4.78, 5) is 12.6. The van der Waals surface area contributed by atoms with E-state index in [1.54, 1.807) is 7.11 Å². The summed E-state index contributed by atoms with van der Waals surface area (Å²) in [6, 6.07) is 0. The second kappa shape index (κ2) is 4.22. The predicted molar refractivity (Wildman–Crippen MR) is 91.3 cm³/mol. The highest BCUT2D eigenvalue weighted by molar-refractivity contribution is 5.77. The van der Waals surface area contributed by atoms with Crippen molar-refractivity contribution in [3.63, 3.8) is 0 Å². The summed E-state index contributed by atoms with van der Waals surface area (Å²) in [5.74, 6) is 2.71. The summed E-state index contributed by atoms with van der Waals surface area (Å²) in [6.45, 7) is 9.35. The number of fused-ring (bicyclic) bond motifs is 4. The van der Waals surface area contributed by atoms with Crippen LogP contribution in [0.3, 0.4) is 0 Å². The van der Waals surface area contributed by atoms with Crippen LogP contribution < -0.4 is 0 Å². The third-order valence-electron chi connectivity index (χ3n) is 9.67. The molecule has 0 aromatic carbocycles. The largest absolute Gasteiger partial charge is 0.469 e. The van der Waals surface area contributed by atoms with Crippen LogP contribution in [-0.4, -0.2) is 24.8 Å². The molecule has 1 heterocycles. The molecule has 5 aliphatic rings. The van der Waals surface area contributed by atoms with Gasteiger partial charge in [-0.25, -0.2) is 0 Å². The molecule has 1 spiro atoms. The fraction of sp³-hybridized carbons (Fsp3) is 0.952. The van der Waals surface area contributed by atoms with Gasteiger partial charge in [-0.2, -0.15) is 0 Å². The molecule has 8 unspecified atom stereocenters. The molecule has 8 atom stereocenters. The van der Waals surface area contributed by atoms with E-state index in [0.717, 1.165) is 24.7 Å². The Kier molecular flexibility index (Phi) is 2.75. The lowest BCUT2D eigenvalue weighted by molar-refractivity contribution is -0.263. The maximum absolute atomic E-state index is 12.6. The summed E-state index contributed by atoms with van der Waals surface area (Å²) in [7, 11) is 1.56. The number of esters is 1. The van der Waals surface area contributed by atoms with Crippen molar-refractivity contribution < 1.29 is 14.3 Å². The van der Waals surface area contributed by atoms with Gasteiger partial charge in [-0.15, -0.1) is 0 Å². The summed E-state index contributed by atoms with van der Waals surface area (Å²) in [5.41, 5.74) is 0.715. The minimum atomic E-state index is -0.280. The molecule has 0 bridgehead atoms. The molecular formula is C21H32O3. The van der Waals surface area contributed by atoms with E-state index in [2.05, 4.69) is 27.7 Å². The van der Waals surface area contributed by atoms with E-state index < -0.39 is 0 Å². The molecule has 134 valence electrons. The molecule has 24 heavy (non-hydrogen) atoms. The van der Waals surface area contributed by atoms with Crippen LogP contribution in [0.15, 0.2) is 0 Å². The third-order valence-corrected chi connectivity index (χ3v) is 9.67. The highest BCUT2D eigenvalue weighted by Gasteiger charge is 2.92. The SMILES string of the molecule is COC(=O)C1(C)CCCC2(C)C1CCC13C2CC1C1(C(C)C)OC31. The summed E-state index contributed by atoms with van der Waals surface area (Å²) in [5, 5.41) is 0. The quantitative estimate of drug-likeness (QED) is 0.562. The van der Waals surface area contributed by atoms with E-state index in [0.29, 0.717) is 28.8 Å². The molecule has 3 heteroatoms. The molecule has 0 aromatic heterocycles. The van der Waals surface area contributed by atoms with Crippen molar-refractivity contribution in [2.75, 3.05) is 7.11 Å². The molecule has 3 nitrogen and oxygen atoms in total. The minimum absolute atomic E-state index is 0.0260. The fourth-order valence-corrected chi connectivity index (χ4v) is 8.65. The van der Waals surface area contributed by atoms with Crippen molar-refractivity contribution in [3.8, 4) is 0 Å². The zero-order chi connectivity index (χ0) is 17.1. The van der Waals surface area contributed by atoms with Gasteiger partial charge in [-0.05, 0) is 68.1 Å². The number of rotatable bonds is 2. The van der Waals surface area contributed by atoms with Gasteiger partial charge in [0.1, 0.15) is 5.60 Å². The van der Waals surface area contributed by atoms with Crippen molar-refractivity contribution in [1.82, 2.24) is 0 Å². The van der Waals surface area contributed by atoms with Crippen molar-refractivity contribution in [3.05, 3.63) is 0 Å². The lowest BCUT2D eigenvalue weighted by Gasteiger charge is -2.75. The molecule has 5 rings (SSSR count). The number of hydrogen-bond acceptors (Lipinski definition) is 3. The molecular weight excluding hydrogens is 300 g/mol. The zero-order valence-corrected chi connectivity index (χ0v) is 15.9.